The van der Waals surface area contributed by atoms with Gasteiger partial charge in [0.15, 0.2) is 30.8 Å². The summed E-state index contributed by atoms with van der Waals surface area (Å²) >= 11 is 0. The lowest BCUT2D eigenvalue weighted by atomic mass is 10.1. The van der Waals surface area contributed by atoms with Gasteiger partial charge in [-0.15, -0.1) is 0 Å². The van der Waals surface area contributed by atoms with Crippen molar-refractivity contribution < 1.29 is 9.13 Å². The van der Waals surface area contributed by atoms with Crippen LogP contribution in [0.3, 0.4) is 0 Å². The summed E-state index contributed by atoms with van der Waals surface area (Å²) in [5, 5.41) is 0. The molecule has 0 saturated carbocycles. The molecule has 0 aliphatic heterocycles. The van der Waals surface area contributed by atoms with Crippen LogP contribution in [0.1, 0.15) is 97.4 Å². The van der Waals surface area contributed by atoms with E-state index in [1.807, 2.05) is 0 Å². The predicted octanol–water partition coefficient (Wildman–Crippen LogP) is 6.82. The highest BCUT2D eigenvalue weighted by molar-refractivity contribution is 5.60. The zero-order chi connectivity index (χ0) is 20.0. The number of rotatable bonds is 14. The number of aromatic nitrogens is 2. The van der Waals surface area contributed by atoms with Crippen molar-refractivity contribution in [2.45, 2.75) is 104 Å². The molecule has 0 fully saturated rings. The highest BCUT2D eigenvalue weighted by atomic mass is 15.0. The highest BCUT2D eigenvalue weighted by Gasteiger charge is 2.12. The molecule has 1 atom stereocenters. The Labute approximate surface area is 173 Å². The van der Waals surface area contributed by atoms with E-state index < -0.39 is 0 Å². The van der Waals surface area contributed by atoms with E-state index in [0.717, 1.165) is 6.54 Å². The lowest BCUT2D eigenvalue weighted by molar-refractivity contribution is -0.720. The molecule has 2 aromatic heterocycles. The maximum Gasteiger partial charge on any atom is 0.169 e. The molecule has 154 valence electrons. The second-order valence-corrected chi connectivity index (χ2v) is 8.32. The summed E-state index contributed by atoms with van der Waals surface area (Å²) in [5.74, 6) is 0. The summed E-state index contributed by atoms with van der Waals surface area (Å²) in [7, 11) is 0. The van der Waals surface area contributed by atoms with Crippen molar-refractivity contribution in [3.63, 3.8) is 0 Å². The number of nitrogens with zero attached hydrogens (tertiary/aromatic N) is 2. The molecule has 0 aliphatic rings. The monoisotopic (exact) mass is 382 g/mol. The molecule has 0 aliphatic carbocycles. The quantitative estimate of drug-likeness (QED) is 0.250. The number of hydrogen-bond acceptors (Lipinski definition) is 0. The molecule has 2 aromatic rings. The first-order valence-corrected chi connectivity index (χ1v) is 11.7. The topological polar surface area (TPSA) is 7.76 Å². The lowest BCUT2D eigenvalue weighted by Crippen LogP contribution is -2.36. The van der Waals surface area contributed by atoms with Gasteiger partial charge in [-0.1, -0.05) is 58.8 Å². The van der Waals surface area contributed by atoms with Gasteiger partial charge in [0.25, 0.3) is 0 Å². The Balaban J connectivity index is 1.79. The van der Waals surface area contributed by atoms with Crippen molar-refractivity contribution in [3.05, 3.63) is 49.1 Å². The summed E-state index contributed by atoms with van der Waals surface area (Å²) in [5.41, 5.74) is 2.61. The molecular formula is C26H42N2+2. The van der Waals surface area contributed by atoms with E-state index >= 15 is 0 Å². The van der Waals surface area contributed by atoms with Crippen LogP contribution in [0.25, 0.3) is 11.1 Å². The van der Waals surface area contributed by atoms with Crippen LogP contribution in [0, 0.1) is 0 Å². The highest BCUT2D eigenvalue weighted by Crippen LogP contribution is 2.17. The van der Waals surface area contributed by atoms with Crippen molar-refractivity contribution in [1.82, 2.24) is 0 Å². The first-order valence-electron chi connectivity index (χ1n) is 11.7. The Morgan fingerprint density at radius 1 is 0.643 bits per heavy atom. The van der Waals surface area contributed by atoms with Crippen LogP contribution in [-0.4, -0.2) is 0 Å². The molecule has 2 rings (SSSR count). The summed E-state index contributed by atoms with van der Waals surface area (Å²) in [4.78, 5) is 0. The second-order valence-electron chi connectivity index (χ2n) is 8.32. The molecule has 2 heterocycles. The zero-order valence-corrected chi connectivity index (χ0v) is 18.6. The second kappa shape index (κ2) is 13.5. The third-order valence-electron chi connectivity index (χ3n) is 5.83. The molecule has 0 saturated heterocycles. The maximum absolute atomic E-state index is 2.36. The smallest absolute Gasteiger partial charge is 0.169 e. The molecule has 0 radical (unpaired) electrons. The van der Waals surface area contributed by atoms with Crippen molar-refractivity contribution in [1.29, 1.82) is 0 Å². The van der Waals surface area contributed by atoms with Crippen LogP contribution in [0.15, 0.2) is 49.1 Å². The molecule has 0 bridgehead atoms. The van der Waals surface area contributed by atoms with Crippen molar-refractivity contribution in [2.24, 2.45) is 0 Å². The van der Waals surface area contributed by atoms with Crippen LogP contribution in [0.4, 0.5) is 0 Å². The van der Waals surface area contributed by atoms with E-state index in [1.54, 1.807) is 0 Å². The molecule has 0 aromatic carbocycles. The van der Waals surface area contributed by atoms with Gasteiger partial charge in [0, 0.05) is 37.1 Å². The molecule has 0 amide bonds. The van der Waals surface area contributed by atoms with E-state index in [9.17, 15) is 0 Å². The number of hydrogen-bond donors (Lipinski definition) is 0. The molecule has 2 nitrogen and oxygen atoms in total. The van der Waals surface area contributed by atoms with Crippen LogP contribution < -0.4 is 9.13 Å². The fraction of sp³-hybridized carbons (Fsp3) is 0.615. The Morgan fingerprint density at radius 3 is 1.75 bits per heavy atom. The van der Waals surface area contributed by atoms with Crippen molar-refractivity contribution in [2.75, 3.05) is 0 Å². The average molecular weight is 383 g/mol. The van der Waals surface area contributed by atoms with E-state index in [0.29, 0.717) is 6.04 Å². The molecular weight excluding hydrogens is 340 g/mol. The maximum atomic E-state index is 2.36. The van der Waals surface area contributed by atoms with Gasteiger partial charge in [0.05, 0.1) is 0 Å². The van der Waals surface area contributed by atoms with Crippen LogP contribution in [0.2, 0.25) is 0 Å². The normalized spacial score (nSPS) is 12.2. The van der Waals surface area contributed by atoms with Gasteiger partial charge in [-0.25, -0.2) is 9.13 Å². The molecule has 1 unspecified atom stereocenters. The summed E-state index contributed by atoms with van der Waals surface area (Å²) in [6.07, 6.45) is 23.7. The van der Waals surface area contributed by atoms with Crippen molar-refractivity contribution in [3.8, 4) is 11.1 Å². The third kappa shape index (κ3) is 8.12. The SMILES string of the molecule is CCCCCCCC[n+]1ccc(-c2cc[n+](C(C)CCCCCC)cc2)cc1. The zero-order valence-electron chi connectivity index (χ0n) is 18.6. The van der Waals surface area contributed by atoms with Gasteiger partial charge in [-0.3, -0.25) is 0 Å². The summed E-state index contributed by atoms with van der Waals surface area (Å²) < 4.78 is 4.68. The van der Waals surface area contributed by atoms with Crippen LogP contribution in [0.5, 0.6) is 0 Å². The van der Waals surface area contributed by atoms with Gasteiger partial charge in [-0.2, -0.15) is 0 Å². The van der Waals surface area contributed by atoms with Gasteiger partial charge in [0.2, 0.25) is 0 Å². The largest absolute Gasteiger partial charge is 0.205 e. The summed E-state index contributed by atoms with van der Waals surface area (Å²) in [6.45, 7) is 8.02. The van der Waals surface area contributed by atoms with E-state index in [4.69, 9.17) is 0 Å². The summed E-state index contributed by atoms with van der Waals surface area (Å²) in [6, 6.07) is 9.61. The van der Waals surface area contributed by atoms with Gasteiger partial charge < -0.3 is 0 Å². The van der Waals surface area contributed by atoms with Gasteiger partial charge in [0.1, 0.15) is 6.54 Å². The third-order valence-corrected chi connectivity index (χ3v) is 5.83. The fourth-order valence-corrected chi connectivity index (χ4v) is 3.81. The number of pyridine rings is 2. The molecule has 0 spiro atoms. The molecule has 2 heteroatoms. The Hall–Kier alpha value is -1.70. The van der Waals surface area contributed by atoms with Gasteiger partial charge >= 0.3 is 0 Å². The molecule has 0 N–H and O–H groups in total. The van der Waals surface area contributed by atoms with E-state index in [1.165, 1.54) is 81.8 Å². The lowest BCUT2D eigenvalue weighted by Gasteiger charge is -2.08. The van der Waals surface area contributed by atoms with E-state index in [2.05, 4.69) is 79.0 Å². The number of unbranched alkanes of at least 4 members (excludes halogenated alkanes) is 8. The number of aryl methyl sites for hydroxylation is 1. The Kier molecular flexibility index (Phi) is 10.9. The first kappa shape index (κ1) is 22.6. The predicted molar refractivity (Wildman–Crippen MR) is 119 cm³/mol. The average Bonchev–Trinajstić information content (AvgIpc) is 2.74. The minimum Gasteiger partial charge on any atom is -0.205 e. The Bertz CT molecular complexity index is 630. The van der Waals surface area contributed by atoms with Crippen molar-refractivity contribution >= 4 is 0 Å². The van der Waals surface area contributed by atoms with Crippen LogP contribution >= 0.6 is 0 Å². The minimum absolute atomic E-state index is 0.584. The minimum atomic E-state index is 0.584. The Morgan fingerprint density at radius 2 is 1.14 bits per heavy atom. The van der Waals surface area contributed by atoms with E-state index in [-0.39, 0.29) is 0 Å². The van der Waals surface area contributed by atoms with Crippen LogP contribution in [-0.2, 0) is 6.54 Å². The molecule has 28 heavy (non-hydrogen) atoms. The standard InChI is InChI=1S/C26H42N2/c1-4-6-8-10-11-13-19-27-20-15-25(16-21-27)26-17-22-28(23-18-26)24(3)14-12-9-7-5-2/h15-18,20-24H,4-14,19H2,1-3H3/q+2. The van der Waals surface area contributed by atoms with Gasteiger partial charge in [-0.05, 0) is 30.9 Å². The first-order chi connectivity index (χ1) is 13.7. The fourth-order valence-electron chi connectivity index (χ4n) is 3.81.